The molecule has 2 N–H and O–H groups in total. The molecule has 1 aliphatic rings. The van der Waals surface area contributed by atoms with Crippen molar-refractivity contribution in [2.24, 2.45) is 5.41 Å². The van der Waals surface area contributed by atoms with E-state index >= 15 is 0 Å². The van der Waals surface area contributed by atoms with Gasteiger partial charge in [0.15, 0.2) is 0 Å². The van der Waals surface area contributed by atoms with Gasteiger partial charge in [0.1, 0.15) is 15.0 Å². The van der Waals surface area contributed by atoms with E-state index in [9.17, 15) is 14.7 Å². The van der Waals surface area contributed by atoms with Crippen LogP contribution in [0, 0.1) is 5.41 Å². The summed E-state index contributed by atoms with van der Waals surface area (Å²) in [6.45, 7) is 0.216. The summed E-state index contributed by atoms with van der Waals surface area (Å²) in [5.41, 5.74) is 2.70. The van der Waals surface area contributed by atoms with Gasteiger partial charge in [-0.15, -0.1) is 11.3 Å². The number of carboxylic acid groups (broad SMARTS) is 1. The number of thiazole rings is 1. The van der Waals surface area contributed by atoms with Crippen molar-refractivity contribution < 1.29 is 14.7 Å². The number of rotatable bonds is 6. The molecule has 1 amide bonds. The van der Waals surface area contributed by atoms with Gasteiger partial charge in [0.05, 0.1) is 18.4 Å². The first-order chi connectivity index (χ1) is 14.0. The van der Waals surface area contributed by atoms with Crippen LogP contribution < -0.4 is 5.32 Å². The van der Waals surface area contributed by atoms with Crippen LogP contribution in [-0.4, -0.2) is 22.0 Å². The molecule has 0 bridgehead atoms. The molecule has 1 aliphatic carbocycles. The molecule has 0 atom stereocenters. The van der Waals surface area contributed by atoms with Crippen molar-refractivity contribution in [2.75, 3.05) is 0 Å². The molecule has 3 aromatic rings. The van der Waals surface area contributed by atoms with E-state index in [1.54, 1.807) is 0 Å². The van der Waals surface area contributed by atoms with Gasteiger partial charge in [0, 0.05) is 5.56 Å². The highest BCUT2D eigenvalue weighted by Crippen LogP contribution is 2.40. The van der Waals surface area contributed by atoms with Crippen molar-refractivity contribution >= 4 is 34.8 Å². The average molecular weight is 427 g/mol. The van der Waals surface area contributed by atoms with Crippen LogP contribution in [0.15, 0.2) is 54.6 Å². The first-order valence-corrected chi connectivity index (χ1v) is 10.4. The van der Waals surface area contributed by atoms with Crippen LogP contribution in [0.4, 0.5) is 0 Å². The summed E-state index contributed by atoms with van der Waals surface area (Å²) in [5.74, 6) is -1.24. The number of fused-ring (bicyclic) bond motifs is 1. The molecule has 4 rings (SSSR count). The Labute approximate surface area is 177 Å². The van der Waals surface area contributed by atoms with Crippen LogP contribution in [0.3, 0.4) is 0 Å². The normalized spacial score (nSPS) is 14.4. The van der Waals surface area contributed by atoms with Gasteiger partial charge in [-0.2, -0.15) is 0 Å². The molecule has 1 aromatic heterocycles. The van der Waals surface area contributed by atoms with E-state index in [1.165, 1.54) is 11.3 Å². The molecule has 7 heteroatoms. The molecule has 1 heterocycles. The Hall–Kier alpha value is -2.70. The number of hydrogen-bond acceptors (Lipinski definition) is 4. The van der Waals surface area contributed by atoms with Crippen molar-refractivity contribution in [3.05, 3.63) is 75.1 Å². The Morgan fingerprint density at radius 2 is 1.69 bits per heavy atom. The third kappa shape index (κ3) is 4.04. The summed E-state index contributed by atoms with van der Waals surface area (Å²) >= 11 is 7.66. The lowest BCUT2D eigenvalue weighted by Crippen LogP contribution is -2.43. The highest BCUT2D eigenvalue weighted by atomic mass is 35.5. The number of carbonyl (C=O) groups is 2. The van der Waals surface area contributed by atoms with Crippen LogP contribution in [0.2, 0.25) is 4.34 Å². The smallest absolute Gasteiger partial charge is 0.304 e. The van der Waals surface area contributed by atoms with Gasteiger partial charge in [-0.3, -0.25) is 9.59 Å². The van der Waals surface area contributed by atoms with Crippen molar-refractivity contribution in [3.63, 3.8) is 0 Å². The van der Waals surface area contributed by atoms with Crippen molar-refractivity contribution in [3.8, 4) is 11.3 Å². The number of hydrogen-bond donors (Lipinski definition) is 2. The summed E-state index contributed by atoms with van der Waals surface area (Å²) in [5, 5.41) is 13.0. The quantitative estimate of drug-likeness (QED) is 0.614. The van der Waals surface area contributed by atoms with Crippen LogP contribution in [0.5, 0.6) is 0 Å². The average Bonchev–Trinajstić information content (AvgIpc) is 3.26. The maximum absolute atomic E-state index is 13.1. The van der Waals surface area contributed by atoms with Gasteiger partial charge in [0.25, 0.3) is 0 Å². The van der Waals surface area contributed by atoms with E-state index < -0.39 is 11.4 Å². The van der Waals surface area contributed by atoms with E-state index in [-0.39, 0.29) is 18.9 Å². The number of benzene rings is 2. The summed E-state index contributed by atoms with van der Waals surface area (Å²) in [6, 6.07) is 17.4. The molecular formula is C22H19ClN2O3S. The fraction of sp³-hybridized carbons (Fsp3) is 0.227. The number of halogens is 1. The summed E-state index contributed by atoms with van der Waals surface area (Å²) < 4.78 is 0.564. The molecule has 0 unspecified atom stereocenters. The second-order valence-electron chi connectivity index (χ2n) is 7.25. The van der Waals surface area contributed by atoms with Crippen LogP contribution in [-0.2, 0) is 29.0 Å². The lowest BCUT2D eigenvalue weighted by atomic mass is 9.80. The zero-order valence-corrected chi connectivity index (χ0v) is 17.1. The maximum atomic E-state index is 13.1. The van der Waals surface area contributed by atoms with Crippen molar-refractivity contribution in [2.45, 2.75) is 25.8 Å². The van der Waals surface area contributed by atoms with E-state index in [0.29, 0.717) is 27.9 Å². The molecule has 0 aliphatic heterocycles. The third-order valence-corrected chi connectivity index (χ3v) is 6.48. The molecule has 0 radical (unpaired) electrons. The SMILES string of the molecule is O=C(O)CC1(C(=O)NCc2nc(-c3ccccc3)c(Cl)s2)Cc2ccccc2C1. The molecule has 148 valence electrons. The molecule has 0 saturated carbocycles. The minimum Gasteiger partial charge on any atom is -0.481 e. The van der Waals surface area contributed by atoms with Gasteiger partial charge >= 0.3 is 5.97 Å². The summed E-state index contributed by atoms with van der Waals surface area (Å²) in [6.07, 6.45) is 0.645. The molecular weight excluding hydrogens is 408 g/mol. The van der Waals surface area contributed by atoms with Crippen molar-refractivity contribution in [1.29, 1.82) is 0 Å². The Bertz CT molecular complexity index is 1040. The monoisotopic (exact) mass is 426 g/mol. The first kappa shape index (κ1) is 19.6. The van der Waals surface area contributed by atoms with Gasteiger partial charge in [-0.05, 0) is 24.0 Å². The topological polar surface area (TPSA) is 79.3 Å². The lowest BCUT2D eigenvalue weighted by molar-refractivity contribution is -0.145. The maximum Gasteiger partial charge on any atom is 0.304 e. The molecule has 5 nitrogen and oxygen atoms in total. The highest BCUT2D eigenvalue weighted by molar-refractivity contribution is 7.16. The number of amides is 1. The number of nitrogens with zero attached hydrogens (tertiary/aromatic N) is 1. The summed E-state index contributed by atoms with van der Waals surface area (Å²) in [7, 11) is 0. The highest BCUT2D eigenvalue weighted by Gasteiger charge is 2.45. The Balaban J connectivity index is 1.50. The number of aromatic nitrogens is 1. The first-order valence-electron chi connectivity index (χ1n) is 9.24. The fourth-order valence-electron chi connectivity index (χ4n) is 3.89. The van der Waals surface area contributed by atoms with Gasteiger partial charge in [0.2, 0.25) is 5.91 Å². The number of carboxylic acids is 1. The van der Waals surface area contributed by atoms with Crippen LogP contribution in [0.1, 0.15) is 22.6 Å². The number of aliphatic carboxylic acids is 1. The predicted molar refractivity (Wildman–Crippen MR) is 113 cm³/mol. The minimum absolute atomic E-state index is 0.207. The number of nitrogens with one attached hydrogen (secondary N) is 1. The molecule has 29 heavy (non-hydrogen) atoms. The summed E-state index contributed by atoms with van der Waals surface area (Å²) in [4.78, 5) is 29.1. The standard InChI is InChI=1S/C22H19ClN2O3S/c23-20-19(14-6-2-1-3-7-14)25-17(29-20)13-24-21(28)22(12-18(26)27)10-15-8-4-5-9-16(15)11-22/h1-9H,10-13H2,(H,24,28)(H,26,27). The van der Waals surface area contributed by atoms with Gasteiger partial charge in [-0.25, -0.2) is 4.98 Å². The molecule has 0 saturated heterocycles. The largest absolute Gasteiger partial charge is 0.481 e. The molecule has 0 fully saturated rings. The Kier molecular flexibility index (Phi) is 5.39. The van der Waals surface area contributed by atoms with Crippen molar-refractivity contribution in [1.82, 2.24) is 10.3 Å². The fourth-order valence-corrected chi connectivity index (χ4v) is 5.05. The van der Waals surface area contributed by atoms with Crippen LogP contribution in [0.25, 0.3) is 11.3 Å². The predicted octanol–water partition coefficient (Wildman–Crippen LogP) is 4.34. The van der Waals surface area contributed by atoms with E-state index in [4.69, 9.17) is 11.6 Å². The Morgan fingerprint density at radius 3 is 2.31 bits per heavy atom. The van der Waals surface area contributed by atoms with Gasteiger partial charge in [-0.1, -0.05) is 66.2 Å². The second-order valence-corrected chi connectivity index (χ2v) is 8.94. The van der Waals surface area contributed by atoms with Gasteiger partial charge < -0.3 is 10.4 Å². The van der Waals surface area contributed by atoms with E-state index in [0.717, 1.165) is 16.7 Å². The minimum atomic E-state index is -0.975. The molecule has 2 aromatic carbocycles. The Morgan fingerprint density at radius 1 is 1.07 bits per heavy atom. The van der Waals surface area contributed by atoms with E-state index in [2.05, 4.69) is 10.3 Å². The van der Waals surface area contributed by atoms with Crippen LogP contribution >= 0.6 is 22.9 Å². The second kappa shape index (κ2) is 7.97. The zero-order valence-electron chi connectivity index (χ0n) is 15.5. The zero-order chi connectivity index (χ0) is 20.4. The number of carbonyl (C=O) groups excluding carboxylic acids is 1. The third-order valence-electron chi connectivity index (χ3n) is 5.22. The van der Waals surface area contributed by atoms with E-state index in [1.807, 2.05) is 54.6 Å². The lowest BCUT2D eigenvalue weighted by Gasteiger charge is -2.25. The molecule has 0 spiro atoms.